The largest absolute Gasteiger partial charge is 0.394 e. The molecule has 1 aliphatic heterocycles. The van der Waals surface area contributed by atoms with Gasteiger partial charge in [-0.05, 0) is 29.8 Å². The third-order valence-electron chi connectivity index (χ3n) is 5.27. The molecule has 0 aliphatic carbocycles. The fourth-order valence-electron chi connectivity index (χ4n) is 3.66. The first-order chi connectivity index (χ1) is 14.2. The fraction of sp³-hybridized carbons (Fsp3) is 0.238. The molecule has 29 heavy (non-hydrogen) atoms. The molecule has 1 aliphatic rings. The van der Waals surface area contributed by atoms with Crippen molar-refractivity contribution in [2.45, 2.75) is 25.4 Å². The first kappa shape index (κ1) is 17.6. The van der Waals surface area contributed by atoms with Crippen molar-refractivity contribution >= 4 is 17.0 Å². The van der Waals surface area contributed by atoms with Gasteiger partial charge >= 0.3 is 0 Å². The molecule has 2 atom stereocenters. The van der Waals surface area contributed by atoms with Crippen molar-refractivity contribution in [1.29, 1.82) is 0 Å². The zero-order valence-electron chi connectivity index (χ0n) is 16.0. The number of pyridine rings is 1. The molecule has 2 unspecified atom stereocenters. The van der Waals surface area contributed by atoms with Gasteiger partial charge in [0.25, 0.3) is 0 Å². The van der Waals surface area contributed by atoms with E-state index < -0.39 is 0 Å². The first-order valence-electron chi connectivity index (χ1n) is 9.61. The molecule has 0 bridgehead atoms. The van der Waals surface area contributed by atoms with E-state index in [1.54, 1.807) is 10.9 Å². The van der Waals surface area contributed by atoms with Crippen LogP contribution in [0.15, 0.2) is 55.0 Å². The zero-order chi connectivity index (χ0) is 19.8. The molecule has 8 heteroatoms. The molecule has 3 aromatic heterocycles. The van der Waals surface area contributed by atoms with Gasteiger partial charge in [-0.1, -0.05) is 25.1 Å². The smallest absolute Gasteiger partial charge is 0.175 e. The Hall–Kier alpha value is -3.52. The van der Waals surface area contributed by atoms with Crippen molar-refractivity contribution in [2.75, 3.05) is 12.0 Å². The molecule has 0 fully saturated rings. The topological polar surface area (TPSA) is 93.7 Å². The van der Waals surface area contributed by atoms with Crippen LogP contribution in [0.1, 0.15) is 41.7 Å². The minimum Gasteiger partial charge on any atom is -0.394 e. The molecule has 4 aromatic rings. The maximum Gasteiger partial charge on any atom is 0.175 e. The van der Waals surface area contributed by atoms with Crippen molar-refractivity contribution in [2.24, 2.45) is 0 Å². The van der Waals surface area contributed by atoms with E-state index in [2.05, 4.69) is 50.8 Å². The van der Waals surface area contributed by atoms with E-state index >= 15 is 0 Å². The summed E-state index contributed by atoms with van der Waals surface area (Å²) in [5.41, 5.74) is 6.64. The molecular formula is C21H21N7O. The van der Waals surface area contributed by atoms with E-state index in [1.807, 2.05) is 41.4 Å². The van der Waals surface area contributed by atoms with E-state index in [0.29, 0.717) is 6.54 Å². The van der Waals surface area contributed by atoms with Crippen LogP contribution in [-0.4, -0.2) is 41.4 Å². The summed E-state index contributed by atoms with van der Waals surface area (Å²) in [6.45, 7) is 2.67. The van der Waals surface area contributed by atoms with Gasteiger partial charge in [0.05, 0.1) is 30.9 Å². The van der Waals surface area contributed by atoms with Crippen molar-refractivity contribution < 1.29 is 5.11 Å². The number of aliphatic hydroxyl groups is 1. The SMILES string of the molecule is CC(c1ccc2ncccc2c1)c1nnc2n1NC(c1cnn(CCO)c1)C=C2. The summed E-state index contributed by atoms with van der Waals surface area (Å²) in [7, 11) is 0. The van der Waals surface area contributed by atoms with Gasteiger partial charge in [-0.2, -0.15) is 5.10 Å². The zero-order valence-corrected chi connectivity index (χ0v) is 16.0. The number of aromatic nitrogens is 6. The van der Waals surface area contributed by atoms with E-state index in [0.717, 1.165) is 33.7 Å². The van der Waals surface area contributed by atoms with Crippen LogP contribution in [0.2, 0.25) is 0 Å². The van der Waals surface area contributed by atoms with Crippen LogP contribution in [-0.2, 0) is 6.54 Å². The highest BCUT2D eigenvalue weighted by Gasteiger charge is 2.24. The summed E-state index contributed by atoms with van der Waals surface area (Å²) in [5.74, 6) is 1.67. The maximum absolute atomic E-state index is 9.10. The summed E-state index contributed by atoms with van der Waals surface area (Å²) in [6, 6.07) is 10.3. The molecule has 0 saturated heterocycles. The summed E-state index contributed by atoms with van der Waals surface area (Å²) >= 11 is 0. The standard InChI is InChI=1S/C21H21N7O/c1-14(15-4-5-18-16(11-15)3-2-8-22-18)21-25-24-20-7-6-19(26-28(20)21)17-12-23-27(13-17)9-10-29/h2-8,11-14,19,26,29H,9-10H2,1H3. The van der Waals surface area contributed by atoms with Gasteiger partial charge in [0.15, 0.2) is 11.6 Å². The van der Waals surface area contributed by atoms with Crippen LogP contribution < -0.4 is 5.43 Å². The molecule has 4 heterocycles. The average molecular weight is 387 g/mol. The van der Waals surface area contributed by atoms with Gasteiger partial charge in [-0.3, -0.25) is 9.67 Å². The lowest BCUT2D eigenvalue weighted by Crippen LogP contribution is -2.26. The van der Waals surface area contributed by atoms with E-state index in [1.165, 1.54) is 0 Å². The monoisotopic (exact) mass is 387 g/mol. The highest BCUT2D eigenvalue weighted by atomic mass is 16.3. The van der Waals surface area contributed by atoms with Crippen molar-refractivity contribution in [3.8, 4) is 0 Å². The van der Waals surface area contributed by atoms with Crippen LogP contribution >= 0.6 is 0 Å². The second-order valence-electron chi connectivity index (χ2n) is 7.16. The number of benzene rings is 1. The molecule has 2 N–H and O–H groups in total. The Balaban J connectivity index is 1.44. The predicted molar refractivity (Wildman–Crippen MR) is 110 cm³/mol. The van der Waals surface area contributed by atoms with Crippen molar-refractivity contribution in [3.05, 3.63) is 77.8 Å². The lowest BCUT2D eigenvalue weighted by atomic mass is 9.98. The number of nitrogens with zero attached hydrogens (tertiary/aromatic N) is 6. The predicted octanol–water partition coefficient (Wildman–Crippen LogP) is 2.48. The average Bonchev–Trinajstić information content (AvgIpc) is 3.40. The van der Waals surface area contributed by atoms with Crippen LogP contribution in [0.25, 0.3) is 17.0 Å². The highest BCUT2D eigenvalue weighted by Crippen LogP contribution is 2.28. The van der Waals surface area contributed by atoms with E-state index in [-0.39, 0.29) is 18.6 Å². The lowest BCUT2D eigenvalue weighted by molar-refractivity contribution is 0.269. The summed E-state index contributed by atoms with van der Waals surface area (Å²) in [5, 5.41) is 23.3. The van der Waals surface area contributed by atoms with Gasteiger partial charge < -0.3 is 10.5 Å². The Morgan fingerprint density at radius 3 is 3.07 bits per heavy atom. The fourth-order valence-corrected chi connectivity index (χ4v) is 3.66. The van der Waals surface area contributed by atoms with Crippen molar-refractivity contribution in [1.82, 2.24) is 29.6 Å². The van der Waals surface area contributed by atoms with Gasteiger partial charge in [-0.25, -0.2) is 4.68 Å². The van der Waals surface area contributed by atoms with Crippen LogP contribution in [0, 0.1) is 0 Å². The number of rotatable bonds is 5. The lowest BCUT2D eigenvalue weighted by Gasteiger charge is -2.23. The first-order valence-corrected chi connectivity index (χ1v) is 9.61. The third kappa shape index (κ3) is 3.17. The second-order valence-corrected chi connectivity index (χ2v) is 7.16. The summed E-state index contributed by atoms with van der Waals surface area (Å²) in [6.07, 6.45) is 9.57. The minimum atomic E-state index is -0.0438. The van der Waals surface area contributed by atoms with Gasteiger partial charge in [0, 0.05) is 29.3 Å². The molecule has 1 aromatic carbocycles. The molecule has 0 radical (unpaired) electrons. The molecule has 5 rings (SSSR count). The Bertz CT molecular complexity index is 1190. The summed E-state index contributed by atoms with van der Waals surface area (Å²) in [4.78, 5) is 4.40. The quantitative estimate of drug-likeness (QED) is 0.546. The third-order valence-corrected chi connectivity index (χ3v) is 5.27. The highest BCUT2D eigenvalue weighted by molar-refractivity contribution is 5.79. The minimum absolute atomic E-state index is 0.0438. The Morgan fingerprint density at radius 1 is 1.24 bits per heavy atom. The number of fused-ring (bicyclic) bond motifs is 2. The van der Waals surface area contributed by atoms with Gasteiger partial charge in [0.1, 0.15) is 0 Å². The second kappa shape index (κ2) is 7.14. The van der Waals surface area contributed by atoms with E-state index in [4.69, 9.17) is 5.11 Å². The number of hydrogen-bond acceptors (Lipinski definition) is 6. The molecular weight excluding hydrogens is 366 g/mol. The van der Waals surface area contributed by atoms with Crippen LogP contribution in [0.5, 0.6) is 0 Å². The summed E-state index contributed by atoms with van der Waals surface area (Å²) < 4.78 is 3.69. The molecule has 146 valence electrons. The van der Waals surface area contributed by atoms with Crippen molar-refractivity contribution in [3.63, 3.8) is 0 Å². The number of nitrogens with one attached hydrogen (secondary N) is 1. The molecule has 0 spiro atoms. The molecule has 0 amide bonds. The van der Waals surface area contributed by atoms with Gasteiger partial charge in [0.2, 0.25) is 0 Å². The number of aliphatic hydroxyl groups excluding tert-OH is 1. The normalized spacial score (nSPS) is 16.6. The van der Waals surface area contributed by atoms with Gasteiger partial charge in [-0.15, -0.1) is 10.2 Å². The van der Waals surface area contributed by atoms with E-state index in [9.17, 15) is 0 Å². The van der Waals surface area contributed by atoms with Crippen LogP contribution in [0.4, 0.5) is 0 Å². The maximum atomic E-state index is 9.10. The molecule has 8 nitrogen and oxygen atoms in total. The Labute approximate surface area is 167 Å². The van der Waals surface area contributed by atoms with Crippen LogP contribution in [0.3, 0.4) is 0 Å². The number of hydrogen-bond donors (Lipinski definition) is 2. The Kier molecular flexibility index (Phi) is 4.33. The Morgan fingerprint density at radius 2 is 2.17 bits per heavy atom. The molecule has 0 saturated carbocycles.